The zero-order valence-electron chi connectivity index (χ0n) is 15.9. The lowest BCUT2D eigenvalue weighted by atomic mass is 10.1. The number of hydrogen-bond donors (Lipinski definition) is 0. The zero-order valence-corrected chi connectivity index (χ0v) is 15.9. The molecule has 150 valence electrons. The van der Waals surface area contributed by atoms with Crippen LogP contribution in [-0.4, -0.2) is 17.1 Å². The fraction of sp³-hybridized carbons (Fsp3) is 0.125. The van der Waals surface area contributed by atoms with Crippen LogP contribution < -0.4 is 0 Å². The molecule has 2 heterocycles. The van der Waals surface area contributed by atoms with Crippen molar-refractivity contribution >= 4 is 16.8 Å². The number of benzene rings is 3. The van der Waals surface area contributed by atoms with Crippen molar-refractivity contribution in [1.29, 1.82) is 0 Å². The predicted molar refractivity (Wildman–Crippen MR) is 109 cm³/mol. The first-order chi connectivity index (χ1) is 14.6. The Kier molecular flexibility index (Phi) is 4.54. The number of nitrogens with zero attached hydrogens (tertiary/aromatic N) is 2. The molecular formula is C24H17F3N2O. The first kappa shape index (κ1) is 18.5. The fourth-order valence-electron chi connectivity index (χ4n) is 3.73. The van der Waals surface area contributed by atoms with Crippen LogP contribution in [-0.2, 0) is 11.3 Å². The van der Waals surface area contributed by atoms with Crippen molar-refractivity contribution in [3.05, 3.63) is 107 Å². The van der Waals surface area contributed by atoms with Gasteiger partial charge in [-0.1, -0.05) is 30.3 Å². The average Bonchev–Trinajstić information content (AvgIpc) is 3.36. The molecule has 0 N–H and O–H groups in total. The van der Waals surface area contributed by atoms with E-state index in [-0.39, 0.29) is 29.9 Å². The Balaban J connectivity index is 1.36. The molecule has 6 heteroatoms. The number of hydrogen-bond acceptors (Lipinski definition) is 2. The van der Waals surface area contributed by atoms with E-state index in [0.717, 1.165) is 22.0 Å². The van der Waals surface area contributed by atoms with E-state index in [2.05, 4.69) is 9.56 Å². The first-order valence-electron chi connectivity index (χ1n) is 9.57. The predicted octanol–water partition coefficient (Wildman–Crippen LogP) is 5.63. The van der Waals surface area contributed by atoms with Crippen LogP contribution in [0.5, 0.6) is 0 Å². The lowest BCUT2D eigenvalue weighted by Crippen LogP contribution is -2.07. The molecule has 0 bridgehead atoms. The molecule has 1 aliphatic rings. The second-order valence-corrected chi connectivity index (χ2v) is 7.25. The molecule has 0 fully saturated rings. The zero-order chi connectivity index (χ0) is 20.7. The number of fused-ring (bicyclic) bond motifs is 1. The summed E-state index contributed by atoms with van der Waals surface area (Å²) >= 11 is 0. The highest BCUT2D eigenvalue weighted by Crippen LogP contribution is 2.27. The van der Waals surface area contributed by atoms with Gasteiger partial charge in [0.1, 0.15) is 35.7 Å². The SMILES string of the molecule is Fc1ccc2c(ccn2Cc2ccc(C3COC(c4c(F)cccc4F)=N3)cc2)c1. The summed E-state index contributed by atoms with van der Waals surface area (Å²) in [5, 5.41) is 0.858. The average molecular weight is 406 g/mol. The van der Waals surface area contributed by atoms with Crippen LogP contribution in [0.3, 0.4) is 0 Å². The number of rotatable bonds is 4. The minimum absolute atomic E-state index is 0.00859. The van der Waals surface area contributed by atoms with Crippen molar-refractivity contribution in [2.45, 2.75) is 12.6 Å². The maximum atomic E-state index is 14.0. The van der Waals surface area contributed by atoms with Crippen LogP contribution in [0.15, 0.2) is 77.9 Å². The van der Waals surface area contributed by atoms with Gasteiger partial charge in [-0.15, -0.1) is 0 Å². The number of aliphatic imine (C=N–C) groups is 1. The van der Waals surface area contributed by atoms with E-state index < -0.39 is 11.6 Å². The Morgan fingerprint density at radius 1 is 0.933 bits per heavy atom. The largest absolute Gasteiger partial charge is 0.475 e. The Morgan fingerprint density at radius 2 is 1.70 bits per heavy atom. The van der Waals surface area contributed by atoms with Gasteiger partial charge in [-0.05, 0) is 47.5 Å². The standard InChI is InChI=1S/C24H17F3N2O/c25-18-8-9-22-17(12-18)10-11-29(22)13-15-4-6-16(7-5-15)21-14-30-24(28-21)23-19(26)2-1-3-20(23)27/h1-12,21H,13-14H2. The minimum atomic E-state index is -0.691. The summed E-state index contributed by atoms with van der Waals surface area (Å²) in [5.41, 5.74) is 2.71. The Bertz CT molecular complexity index is 1240. The van der Waals surface area contributed by atoms with Crippen LogP contribution in [0.2, 0.25) is 0 Å². The van der Waals surface area contributed by atoms with Gasteiger partial charge in [-0.25, -0.2) is 18.2 Å². The van der Waals surface area contributed by atoms with Gasteiger partial charge in [0.15, 0.2) is 0 Å². The molecule has 3 aromatic carbocycles. The molecule has 1 aromatic heterocycles. The van der Waals surface area contributed by atoms with Crippen LogP contribution in [0.1, 0.15) is 22.7 Å². The van der Waals surface area contributed by atoms with Gasteiger partial charge in [0.05, 0.1) is 0 Å². The Labute approximate surface area is 171 Å². The molecule has 4 aromatic rings. The van der Waals surface area contributed by atoms with Gasteiger partial charge in [-0.3, -0.25) is 0 Å². The Hall–Kier alpha value is -3.54. The molecule has 1 aliphatic heterocycles. The normalized spacial score (nSPS) is 16.0. The molecule has 0 radical (unpaired) electrons. The molecule has 5 rings (SSSR count). The molecule has 3 nitrogen and oxygen atoms in total. The van der Waals surface area contributed by atoms with Crippen molar-refractivity contribution in [3.63, 3.8) is 0 Å². The van der Waals surface area contributed by atoms with Crippen LogP contribution in [0, 0.1) is 17.5 Å². The molecule has 0 spiro atoms. The maximum Gasteiger partial charge on any atom is 0.222 e. The lowest BCUT2D eigenvalue weighted by Gasteiger charge is -2.09. The summed E-state index contributed by atoms with van der Waals surface area (Å²) in [6.45, 7) is 0.877. The lowest BCUT2D eigenvalue weighted by molar-refractivity contribution is 0.317. The van der Waals surface area contributed by atoms with E-state index in [0.29, 0.717) is 6.54 Å². The van der Waals surface area contributed by atoms with Gasteiger partial charge in [-0.2, -0.15) is 0 Å². The second kappa shape index (κ2) is 7.37. The molecular weight excluding hydrogens is 389 g/mol. The number of aromatic nitrogens is 1. The van der Waals surface area contributed by atoms with E-state index in [9.17, 15) is 13.2 Å². The smallest absolute Gasteiger partial charge is 0.222 e. The topological polar surface area (TPSA) is 26.5 Å². The van der Waals surface area contributed by atoms with Gasteiger partial charge in [0, 0.05) is 23.6 Å². The van der Waals surface area contributed by atoms with E-state index in [4.69, 9.17) is 4.74 Å². The quantitative estimate of drug-likeness (QED) is 0.432. The molecule has 0 saturated heterocycles. The molecule has 1 unspecified atom stereocenters. The van der Waals surface area contributed by atoms with Crippen LogP contribution in [0.4, 0.5) is 13.2 Å². The third-order valence-corrected chi connectivity index (χ3v) is 5.28. The highest BCUT2D eigenvalue weighted by atomic mass is 19.1. The van der Waals surface area contributed by atoms with Crippen LogP contribution in [0.25, 0.3) is 10.9 Å². The van der Waals surface area contributed by atoms with Gasteiger partial charge >= 0.3 is 0 Å². The van der Waals surface area contributed by atoms with E-state index >= 15 is 0 Å². The first-order valence-corrected chi connectivity index (χ1v) is 9.57. The van der Waals surface area contributed by atoms with Gasteiger partial charge in [0.25, 0.3) is 0 Å². The Morgan fingerprint density at radius 3 is 2.47 bits per heavy atom. The number of halogens is 3. The third kappa shape index (κ3) is 3.34. The van der Waals surface area contributed by atoms with E-state index in [1.165, 1.54) is 30.3 Å². The monoisotopic (exact) mass is 406 g/mol. The highest BCUT2D eigenvalue weighted by molar-refractivity contribution is 5.95. The summed E-state index contributed by atoms with van der Waals surface area (Å²) < 4.78 is 48.9. The number of ether oxygens (including phenoxy) is 1. The minimum Gasteiger partial charge on any atom is -0.475 e. The molecule has 30 heavy (non-hydrogen) atoms. The summed E-state index contributed by atoms with van der Waals surface area (Å²) in [6, 6.07) is 17.9. The molecule has 0 amide bonds. The van der Waals surface area contributed by atoms with E-state index in [1.54, 1.807) is 6.07 Å². The van der Waals surface area contributed by atoms with Crippen molar-refractivity contribution in [2.75, 3.05) is 6.61 Å². The fourth-order valence-corrected chi connectivity index (χ4v) is 3.73. The van der Waals surface area contributed by atoms with E-state index in [1.807, 2.05) is 36.5 Å². The van der Waals surface area contributed by atoms with Crippen molar-refractivity contribution in [3.8, 4) is 0 Å². The highest BCUT2D eigenvalue weighted by Gasteiger charge is 2.26. The molecule has 1 atom stereocenters. The molecule has 0 aliphatic carbocycles. The summed E-state index contributed by atoms with van der Waals surface area (Å²) in [6.07, 6.45) is 1.93. The molecule has 0 saturated carbocycles. The van der Waals surface area contributed by atoms with Gasteiger partial charge < -0.3 is 9.30 Å². The summed E-state index contributed by atoms with van der Waals surface area (Å²) in [5.74, 6) is -1.64. The van der Waals surface area contributed by atoms with Crippen molar-refractivity contribution < 1.29 is 17.9 Å². The maximum absolute atomic E-state index is 14.0. The summed E-state index contributed by atoms with van der Waals surface area (Å²) in [4.78, 5) is 4.38. The summed E-state index contributed by atoms with van der Waals surface area (Å²) in [7, 11) is 0. The van der Waals surface area contributed by atoms with Gasteiger partial charge in [0.2, 0.25) is 5.90 Å². The third-order valence-electron chi connectivity index (χ3n) is 5.28. The van der Waals surface area contributed by atoms with Crippen molar-refractivity contribution in [1.82, 2.24) is 4.57 Å². The van der Waals surface area contributed by atoms with Crippen LogP contribution >= 0.6 is 0 Å². The van der Waals surface area contributed by atoms with Crippen molar-refractivity contribution in [2.24, 2.45) is 4.99 Å². The second-order valence-electron chi connectivity index (χ2n) is 7.25.